The number of ether oxygens (including phenoxy) is 1. The molecular weight excluding hydrogens is 436 g/mol. The molecule has 2 N–H and O–H groups in total. The molecule has 170 valence electrons. The fourth-order valence-corrected chi connectivity index (χ4v) is 3.39. The van der Waals surface area contributed by atoms with Crippen molar-refractivity contribution in [1.82, 2.24) is 20.4 Å². The van der Waals surface area contributed by atoms with Crippen LogP contribution >= 0.6 is 0 Å². The van der Waals surface area contributed by atoms with Crippen molar-refractivity contribution < 1.29 is 19.1 Å². The molecule has 0 saturated heterocycles. The smallest absolute Gasteiger partial charge is 0.360 e. The molecule has 1 atom stereocenters. The van der Waals surface area contributed by atoms with Crippen LogP contribution in [0.4, 0.5) is 4.79 Å². The Balaban J connectivity index is 1.79. The van der Waals surface area contributed by atoms with Gasteiger partial charge in [-0.05, 0) is 18.2 Å². The lowest BCUT2D eigenvalue weighted by atomic mass is 10.1. The Kier molecular flexibility index (Phi) is 6.45. The van der Waals surface area contributed by atoms with E-state index >= 15 is 0 Å². The molecule has 0 aliphatic rings. The number of imide groups is 1. The highest BCUT2D eigenvalue weighted by Gasteiger charge is 2.29. The van der Waals surface area contributed by atoms with E-state index in [1.54, 1.807) is 84.9 Å². The maximum absolute atomic E-state index is 13.3. The molecule has 1 aromatic heterocycles. The molecule has 0 fully saturated rings. The fraction of sp³-hybridized carbons (Fsp3) is 0.0800. The normalized spacial score (nSPS) is 11.4. The number of urea groups is 1. The van der Waals surface area contributed by atoms with Crippen LogP contribution < -0.4 is 16.2 Å². The minimum absolute atomic E-state index is 0.146. The number of hydrogen-bond acceptors (Lipinski definition) is 6. The van der Waals surface area contributed by atoms with Crippen LogP contribution in [0.5, 0.6) is 0 Å². The summed E-state index contributed by atoms with van der Waals surface area (Å²) in [4.78, 5) is 50.8. The van der Waals surface area contributed by atoms with E-state index in [4.69, 9.17) is 4.74 Å². The van der Waals surface area contributed by atoms with Crippen molar-refractivity contribution >= 4 is 28.7 Å². The summed E-state index contributed by atoms with van der Waals surface area (Å²) in [6.07, 6.45) is -1.43. The van der Waals surface area contributed by atoms with Gasteiger partial charge in [-0.1, -0.05) is 66.7 Å². The summed E-state index contributed by atoms with van der Waals surface area (Å²) in [5.41, 5.74) is 0.269. The molecule has 3 amide bonds. The molecule has 0 aliphatic heterocycles. The molecule has 1 heterocycles. The first-order valence-electron chi connectivity index (χ1n) is 10.4. The van der Waals surface area contributed by atoms with Crippen molar-refractivity contribution in [3.8, 4) is 5.69 Å². The van der Waals surface area contributed by atoms with Gasteiger partial charge in [0.1, 0.15) is 0 Å². The number of benzene rings is 3. The SMILES string of the molecule is CNC(=O)NC(=O)[C@H](OC(=O)c1nn(-c2ccccc2)c(=O)c2ccccc12)c1ccccc1. The number of rotatable bonds is 5. The lowest BCUT2D eigenvalue weighted by Gasteiger charge is -2.18. The van der Waals surface area contributed by atoms with Crippen LogP contribution in [0, 0.1) is 0 Å². The third-order valence-corrected chi connectivity index (χ3v) is 5.03. The van der Waals surface area contributed by atoms with Crippen molar-refractivity contribution in [3.63, 3.8) is 0 Å². The van der Waals surface area contributed by atoms with E-state index in [9.17, 15) is 19.2 Å². The summed E-state index contributed by atoms with van der Waals surface area (Å²) in [6, 6.07) is 22.7. The van der Waals surface area contributed by atoms with Crippen molar-refractivity contribution in [2.24, 2.45) is 0 Å². The van der Waals surface area contributed by atoms with E-state index in [0.29, 0.717) is 11.3 Å². The van der Waals surface area contributed by atoms with E-state index in [-0.39, 0.29) is 16.5 Å². The van der Waals surface area contributed by atoms with E-state index < -0.39 is 29.6 Å². The van der Waals surface area contributed by atoms with Gasteiger partial charge >= 0.3 is 12.0 Å². The first kappa shape index (κ1) is 22.4. The largest absolute Gasteiger partial charge is 0.442 e. The van der Waals surface area contributed by atoms with Gasteiger partial charge in [0.2, 0.25) is 6.10 Å². The first-order valence-corrected chi connectivity index (χ1v) is 10.4. The number of para-hydroxylation sites is 1. The van der Waals surface area contributed by atoms with Crippen molar-refractivity contribution in [3.05, 3.63) is 107 Å². The number of amides is 3. The molecule has 0 unspecified atom stereocenters. The molecule has 0 spiro atoms. The van der Waals surface area contributed by atoms with Gasteiger partial charge in [-0.3, -0.25) is 14.9 Å². The monoisotopic (exact) mass is 456 g/mol. The Morgan fingerprint density at radius 3 is 2.09 bits per heavy atom. The average molecular weight is 456 g/mol. The van der Waals surface area contributed by atoms with E-state index in [1.165, 1.54) is 7.05 Å². The molecule has 0 aliphatic carbocycles. The van der Waals surface area contributed by atoms with Gasteiger partial charge in [0.25, 0.3) is 11.5 Å². The Bertz CT molecular complexity index is 1420. The highest BCUT2D eigenvalue weighted by atomic mass is 16.5. The second-order valence-electron chi connectivity index (χ2n) is 7.21. The standard InChI is InChI=1S/C25H20N4O5/c1-26-25(33)27-22(30)21(16-10-4-2-5-11-16)34-24(32)20-18-14-8-9-15-19(18)23(31)29(28-20)17-12-6-3-7-13-17/h2-15,21H,1H3,(H2,26,27,30,33)/t21-/m1/s1. The molecule has 9 nitrogen and oxygen atoms in total. The summed E-state index contributed by atoms with van der Waals surface area (Å²) in [7, 11) is 1.36. The Morgan fingerprint density at radius 2 is 1.44 bits per heavy atom. The number of nitrogens with zero attached hydrogens (tertiary/aromatic N) is 2. The van der Waals surface area contributed by atoms with Gasteiger partial charge in [0, 0.05) is 18.0 Å². The highest BCUT2D eigenvalue weighted by Crippen LogP contribution is 2.22. The molecule has 0 bridgehead atoms. The third kappa shape index (κ3) is 4.53. The van der Waals surface area contributed by atoms with Gasteiger partial charge in [-0.2, -0.15) is 9.78 Å². The Hall–Kier alpha value is -4.79. The lowest BCUT2D eigenvalue weighted by Crippen LogP contribution is -2.41. The summed E-state index contributed by atoms with van der Waals surface area (Å²) in [6.45, 7) is 0. The van der Waals surface area contributed by atoms with Crippen LogP contribution in [0.2, 0.25) is 0 Å². The lowest BCUT2D eigenvalue weighted by molar-refractivity contribution is -0.129. The highest BCUT2D eigenvalue weighted by molar-refractivity contribution is 6.04. The number of nitrogens with one attached hydrogen (secondary N) is 2. The van der Waals surface area contributed by atoms with Gasteiger partial charge in [-0.25, -0.2) is 9.59 Å². The third-order valence-electron chi connectivity index (χ3n) is 5.03. The van der Waals surface area contributed by atoms with Crippen LogP contribution in [0.25, 0.3) is 16.5 Å². The first-order chi connectivity index (χ1) is 16.5. The van der Waals surface area contributed by atoms with E-state index in [0.717, 1.165) is 4.68 Å². The van der Waals surface area contributed by atoms with Crippen LogP contribution in [-0.4, -0.2) is 34.7 Å². The van der Waals surface area contributed by atoms with E-state index in [1.807, 2.05) is 0 Å². The number of carbonyl (C=O) groups is 3. The van der Waals surface area contributed by atoms with Gasteiger partial charge in [-0.15, -0.1) is 0 Å². The van der Waals surface area contributed by atoms with E-state index in [2.05, 4.69) is 15.7 Å². The summed E-state index contributed by atoms with van der Waals surface area (Å²) >= 11 is 0. The zero-order chi connectivity index (χ0) is 24.1. The Morgan fingerprint density at radius 1 is 0.853 bits per heavy atom. The van der Waals surface area contributed by atoms with Gasteiger partial charge in [0.05, 0.1) is 11.1 Å². The number of hydrogen-bond donors (Lipinski definition) is 2. The molecule has 0 radical (unpaired) electrons. The van der Waals surface area contributed by atoms with Crippen molar-refractivity contribution in [1.29, 1.82) is 0 Å². The predicted molar refractivity (Wildman–Crippen MR) is 125 cm³/mol. The second kappa shape index (κ2) is 9.78. The molecule has 3 aromatic carbocycles. The molecular formula is C25H20N4O5. The zero-order valence-corrected chi connectivity index (χ0v) is 18.1. The van der Waals surface area contributed by atoms with Gasteiger partial charge < -0.3 is 10.1 Å². The molecule has 4 aromatic rings. The van der Waals surface area contributed by atoms with Crippen molar-refractivity contribution in [2.75, 3.05) is 7.05 Å². The number of aromatic nitrogens is 2. The van der Waals surface area contributed by atoms with Crippen LogP contribution in [0.15, 0.2) is 89.7 Å². The number of carbonyl (C=O) groups excluding carboxylic acids is 3. The number of fused-ring (bicyclic) bond motifs is 1. The average Bonchev–Trinajstić information content (AvgIpc) is 2.88. The fourth-order valence-electron chi connectivity index (χ4n) is 3.39. The topological polar surface area (TPSA) is 119 Å². The zero-order valence-electron chi connectivity index (χ0n) is 18.1. The van der Waals surface area contributed by atoms with Crippen LogP contribution in [-0.2, 0) is 9.53 Å². The molecule has 0 saturated carbocycles. The van der Waals surface area contributed by atoms with Crippen molar-refractivity contribution in [2.45, 2.75) is 6.10 Å². The summed E-state index contributed by atoms with van der Waals surface area (Å²) in [5.74, 6) is -1.76. The second-order valence-corrected chi connectivity index (χ2v) is 7.21. The molecule has 4 rings (SSSR count). The number of esters is 1. The summed E-state index contributed by atoms with van der Waals surface area (Å²) in [5, 5.41) is 9.22. The van der Waals surface area contributed by atoms with Crippen LogP contribution in [0.1, 0.15) is 22.2 Å². The quantitative estimate of drug-likeness (QED) is 0.446. The molecule has 9 heteroatoms. The summed E-state index contributed by atoms with van der Waals surface area (Å²) < 4.78 is 6.67. The molecule has 34 heavy (non-hydrogen) atoms. The van der Waals surface area contributed by atoms with Gasteiger partial charge in [0.15, 0.2) is 5.69 Å². The minimum atomic E-state index is -1.43. The maximum atomic E-state index is 13.3. The van der Waals surface area contributed by atoms with Crippen LogP contribution in [0.3, 0.4) is 0 Å². The maximum Gasteiger partial charge on any atom is 0.360 e. The Labute approximate surface area is 194 Å². The predicted octanol–water partition coefficient (Wildman–Crippen LogP) is 2.74. The minimum Gasteiger partial charge on any atom is -0.442 e.